The fraction of sp³-hybridized carbons (Fsp3) is 0.385. The molecule has 6 nitrogen and oxygen atoms in total. The van der Waals surface area contributed by atoms with Crippen LogP contribution in [0.5, 0.6) is 0 Å². The molecule has 0 saturated carbocycles. The van der Waals surface area contributed by atoms with Crippen LogP contribution in [0.4, 0.5) is 5.13 Å². The van der Waals surface area contributed by atoms with Gasteiger partial charge in [-0.25, -0.2) is 9.97 Å². The van der Waals surface area contributed by atoms with Crippen molar-refractivity contribution in [3.05, 3.63) is 38.7 Å². The lowest BCUT2D eigenvalue weighted by atomic mass is 10.3. The Morgan fingerprint density at radius 1 is 1.43 bits per heavy atom. The third-order valence-electron chi connectivity index (χ3n) is 3.12. The highest BCUT2D eigenvalue weighted by Gasteiger charge is 2.12. The normalized spacial score (nSPS) is 11.1. The summed E-state index contributed by atoms with van der Waals surface area (Å²) in [6, 6.07) is 1.55. The lowest BCUT2D eigenvalue weighted by molar-refractivity contribution is 0.821. The zero-order valence-corrected chi connectivity index (χ0v) is 13.4. The molecule has 0 fully saturated rings. The van der Waals surface area contributed by atoms with Crippen LogP contribution in [-0.2, 0) is 12.8 Å². The van der Waals surface area contributed by atoms with Gasteiger partial charge in [-0.05, 0) is 6.42 Å². The Morgan fingerprint density at radius 3 is 3.00 bits per heavy atom. The number of anilines is 1. The van der Waals surface area contributed by atoms with E-state index in [1.807, 2.05) is 30.4 Å². The molecule has 0 aliphatic carbocycles. The highest BCUT2D eigenvalue weighted by atomic mass is 32.1. The van der Waals surface area contributed by atoms with E-state index in [1.54, 1.807) is 17.4 Å². The van der Waals surface area contributed by atoms with E-state index in [2.05, 4.69) is 15.1 Å². The van der Waals surface area contributed by atoms with E-state index in [1.165, 1.54) is 15.9 Å². The predicted molar refractivity (Wildman–Crippen MR) is 85.6 cm³/mol. The SMILES string of the molecule is CCc1cc(=O)n2nc(N(C)CCc3nccs3)sc2n1. The molecule has 3 heterocycles. The number of aromatic nitrogens is 4. The molecule has 3 rings (SSSR count). The van der Waals surface area contributed by atoms with Crippen LogP contribution in [0.25, 0.3) is 4.96 Å². The second-order valence-corrected chi connectivity index (χ2v) is 6.53. The Balaban J connectivity index is 1.83. The van der Waals surface area contributed by atoms with Gasteiger partial charge in [0, 0.05) is 43.4 Å². The lowest BCUT2D eigenvalue weighted by Gasteiger charge is -2.13. The summed E-state index contributed by atoms with van der Waals surface area (Å²) >= 11 is 3.09. The second kappa shape index (κ2) is 5.90. The summed E-state index contributed by atoms with van der Waals surface area (Å²) in [6.45, 7) is 2.79. The van der Waals surface area contributed by atoms with Crippen LogP contribution in [-0.4, -0.2) is 33.2 Å². The van der Waals surface area contributed by atoms with E-state index in [0.717, 1.165) is 35.2 Å². The minimum Gasteiger partial charge on any atom is -0.349 e. The molecule has 0 spiro atoms. The first kappa shape index (κ1) is 14.2. The Hall–Kier alpha value is -1.80. The van der Waals surface area contributed by atoms with Crippen molar-refractivity contribution in [2.75, 3.05) is 18.5 Å². The molecule has 0 atom stereocenters. The molecular formula is C13H15N5OS2. The van der Waals surface area contributed by atoms with Gasteiger partial charge in [0.15, 0.2) is 0 Å². The molecule has 0 aromatic carbocycles. The van der Waals surface area contributed by atoms with Gasteiger partial charge in [-0.1, -0.05) is 18.3 Å². The lowest BCUT2D eigenvalue weighted by Crippen LogP contribution is -2.21. The van der Waals surface area contributed by atoms with Gasteiger partial charge in [0.2, 0.25) is 10.1 Å². The number of thiazole rings is 1. The molecule has 0 aliphatic heterocycles. The summed E-state index contributed by atoms with van der Waals surface area (Å²) in [5, 5.41) is 8.23. The molecule has 3 aromatic rings. The summed E-state index contributed by atoms with van der Waals surface area (Å²) in [4.78, 5) is 23.4. The quantitative estimate of drug-likeness (QED) is 0.717. The van der Waals surface area contributed by atoms with Crippen molar-refractivity contribution >= 4 is 32.8 Å². The average Bonchev–Trinajstić information content (AvgIpc) is 3.13. The second-order valence-electron chi connectivity index (χ2n) is 4.62. The van der Waals surface area contributed by atoms with Crippen molar-refractivity contribution in [2.45, 2.75) is 19.8 Å². The minimum atomic E-state index is -0.118. The van der Waals surface area contributed by atoms with Gasteiger partial charge < -0.3 is 4.90 Å². The van der Waals surface area contributed by atoms with E-state index >= 15 is 0 Å². The van der Waals surface area contributed by atoms with Gasteiger partial charge in [0.05, 0.1) is 5.01 Å². The van der Waals surface area contributed by atoms with Gasteiger partial charge >= 0.3 is 0 Å². The molecule has 21 heavy (non-hydrogen) atoms. The fourth-order valence-corrected chi connectivity index (χ4v) is 3.44. The van der Waals surface area contributed by atoms with E-state index in [0.29, 0.717) is 4.96 Å². The maximum Gasteiger partial charge on any atom is 0.275 e. The van der Waals surface area contributed by atoms with Gasteiger partial charge in [-0.3, -0.25) is 4.79 Å². The van der Waals surface area contributed by atoms with Crippen molar-refractivity contribution < 1.29 is 0 Å². The summed E-state index contributed by atoms with van der Waals surface area (Å²) in [5.74, 6) is 0. The summed E-state index contributed by atoms with van der Waals surface area (Å²) in [6.07, 6.45) is 3.43. The first-order valence-corrected chi connectivity index (χ1v) is 8.36. The Bertz CT molecular complexity index is 793. The Labute approximate surface area is 129 Å². The van der Waals surface area contributed by atoms with Crippen molar-refractivity contribution in [3.63, 3.8) is 0 Å². The maximum absolute atomic E-state index is 12.0. The average molecular weight is 321 g/mol. The zero-order chi connectivity index (χ0) is 14.8. The van der Waals surface area contributed by atoms with Crippen molar-refractivity contribution in [1.82, 2.24) is 19.6 Å². The van der Waals surface area contributed by atoms with Crippen LogP contribution in [0.1, 0.15) is 17.6 Å². The number of hydrogen-bond donors (Lipinski definition) is 0. The number of likely N-dealkylation sites (N-methyl/N-ethyl adjacent to an activating group) is 1. The zero-order valence-electron chi connectivity index (χ0n) is 11.8. The highest BCUT2D eigenvalue weighted by molar-refractivity contribution is 7.20. The number of rotatable bonds is 5. The van der Waals surface area contributed by atoms with E-state index in [4.69, 9.17) is 0 Å². The van der Waals surface area contributed by atoms with Crippen LogP contribution >= 0.6 is 22.7 Å². The Kier molecular flexibility index (Phi) is 3.98. The van der Waals surface area contributed by atoms with Crippen LogP contribution in [0.2, 0.25) is 0 Å². The van der Waals surface area contributed by atoms with Crippen molar-refractivity contribution in [1.29, 1.82) is 0 Å². The Morgan fingerprint density at radius 2 is 2.29 bits per heavy atom. The monoisotopic (exact) mass is 321 g/mol. The molecule has 0 unspecified atom stereocenters. The molecule has 0 N–H and O–H groups in total. The van der Waals surface area contributed by atoms with Gasteiger partial charge in [0.25, 0.3) is 5.56 Å². The summed E-state index contributed by atoms with van der Waals surface area (Å²) < 4.78 is 1.37. The number of aryl methyl sites for hydroxylation is 1. The highest BCUT2D eigenvalue weighted by Crippen LogP contribution is 2.20. The summed E-state index contributed by atoms with van der Waals surface area (Å²) in [7, 11) is 1.97. The standard InChI is InChI=1S/C13H15N5OS2/c1-3-9-8-11(19)18-12(15-9)21-13(16-18)17(2)6-4-10-14-5-7-20-10/h5,7-8H,3-4,6H2,1-2H3. The third-order valence-corrected chi connectivity index (χ3v) is 4.98. The summed E-state index contributed by atoms with van der Waals surface area (Å²) in [5.41, 5.74) is 0.688. The van der Waals surface area contributed by atoms with Gasteiger partial charge in [-0.15, -0.1) is 16.4 Å². The molecule has 8 heteroatoms. The van der Waals surface area contributed by atoms with E-state index in [9.17, 15) is 4.79 Å². The maximum atomic E-state index is 12.0. The van der Waals surface area contributed by atoms with Gasteiger partial charge in [0.1, 0.15) is 0 Å². The predicted octanol–water partition coefficient (Wildman–Crippen LogP) is 1.85. The van der Waals surface area contributed by atoms with Crippen molar-refractivity contribution in [2.24, 2.45) is 0 Å². The first-order valence-electron chi connectivity index (χ1n) is 6.66. The molecular weight excluding hydrogens is 306 g/mol. The fourth-order valence-electron chi connectivity index (χ4n) is 1.92. The number of fused-ring (bicyclic) bond motifs is 1. The molecule has 0 aliphatic rings. The van der Waals surface area contributed by atoms with Crippen LogP contribution in [0.15, 0.2) is 22.4 Å². The third kappa shape index (κ3) is 2.96. The molecule has 110 valence electrons. The van der Waals surface area contributed by atoms with Crippen molar-refractivity contribution in [3.8, 4) is 0 Å². The molecule has 0 bridgehead atoms. The van der Waals surface area contributed by atoms with Crippen LogP contribution < -0.4 is 10.5 Å². The molecule has 0 amide bonds. The van der Waals surface area contributed by atoms with E-state index < -0.39 is 0 Å². The number of nitrogens with zero attached hydrogens (tertiary/aromatic N) is 5. The smallest absolute Gasteiger partial charge is 0.275 e. The van der Waals surface area contributed by atoms with Crippen LogP contribution in [0, 0.1) is 0 Å². The van der Waals surface area contributed by atoms with E-state index in [-0.39, 0.29) is 5.56 Å². The number of hydrogen-bond acceptors (Lipinski definition) is 7. The molecule has 0 radical (unpaired) electrons. The topological polar surface area (TPSA) is 63.4 Å². The first-order chi connectivity index (χ1) is 10.2. The molecule has 0 saturated heterocycles. The van der Waals surface area contributed by atoms with Crippen LogP contribution in [0.3, 0.4) is 0 Å². The largest absolute Gasteiger partial charge is 0.349 e. The molecule has 3 aromatic heterocycles. The van der Waals surface area contributed by atoms with Gasteiger partial charge in [-0.2, -0.15) is 4.52 Å². The minimum absolute atomic E-state index is 0.118.